The van der Waals surface area contributed by atoms with Crippen molar-refractivity contribution in [1.82, 2.24) is 0 Å². The molecule has 0 aromatic heterocycles. The molecule has 0 saturated heterocycles. The van der Waals surface area contributed by atoms with Crippen LogP contribution in [-0.2, 0) is 16.4 Å². The number of methoxy groups -OCH3 is 1. The van der Waals surface area contributed by atoms with E-state index in [2.05, 4.69) is 6.07 Å². The van der Waals surface area contributed by atoms with Crippen molar-refractivity contribution in [3.05, 3.63) is 53.6 Å². The molecule has 0 N–H and O–H groups in total. The number of nitriles is 1. The van der Waals surface area contributed by atoms with Crippen LogP contribution in [0.3, 0.4) is 0 Å². The summed E-state index contributed by atoms with van der Waals surface area (Å²) in [5.41, 5.74) is 2.15. The monoisotopic (exact) mass is 330 g/mol. The minimum Gasteiger partial charge on any atom is -0.496 e. The van der Waals surface area contributed by atoms with Gasteiger partial charge in [-0.25, -0.2) is 8.42 Å². The molecule has 6 heteroatoms. The van der Waals surface area contributed by atoms with Crippen LogP contribution in [0.2, 0.25) is 0 Å². The Balaban J connectivity index is 2.35. The Bertz CT molecular complexity index is 837. The number of nitrogens with zero attached hydrogens (tertiary/aromatic N) is 2. The zero-order chi connectivity index (χ0) is 17.0. The Kier molecular flexibility index (Phi) is 4.92. The average molecular weight is 330 g/mol. The molecule has 23 heavy (non-hydrogen) atoms. The van der Waals surface area contributed by atoms with Crippen LogP contribution in [0.1, 0.15) is 11.1 Å². The third kappa shape index (κ3) is 3.46. The molecule has 0 radical (unpaired) electrons. The Labute approximate surface area is 136 Å². The van der Waals surface area contributed by atoms with E-state index < -0.39 is 10.0 Å². The van der Waals surface area contributed by atoms with Crippen molar-refractivity contribution in [2.45, 2.75) is 18.2 Å². The predicted molar refractivity (Wildman–Crippen MR) is 89.1 cm³/mol. The Hall–Kier alpha value is -2.52. The highest BCUT2D eigenvalue weighted by Gasteiger charge is 2.22. The lowest BCUT2D eigenvalue weighted by Gasteiger charge is -2.20. The second-order valence-corrected chi connectivity index (χ2v) is 7.07. The number of ether oxygens (including phenoxy) is 1. The molecule has 2 aromatic rings. The number of hydrogen-bond acceptors (Lipinski definition) is 4. The second-order valence-electron chi connectivity index (χ2n) is 5.11. The number of hydrogen-bond donors (Lipinski definition) is 0. The van der Waals surface area contributed by atoms with Crippen LogP contribution in [0.4, 0.5) is 5.69 Å². The first-order valence-corrected chi connectivity index (χ1v) is 8.43. The highest BCUT2D eigenvalue weighted by Crippen LogP contribution is 2.26. The normalized spacial score (nSPS) is 10.9. The molecule has 0 unspecified atom stereocenters. The zero-order valence-electron chi connectivity index (χ0n) is 13.3. The lowest BCUT2D eigenvalue weighted by Crippen LogP contribution is -2.26. The molecule has 0 bridgehead atoms. The van der Waals surface area contributed by atoms with Crippen LogP contribution in [-0.4, -0.2) is 22.6 Å². The lowest BCUT2D eigenvalue weighted by atomic mass is 10.1. The fourth-order valence-corrected chi connectivity index (χ4v) is 3.50. The van der Waals surface area contributed by atoms with Gasteiger partial charge in [0.1, 0.15) is 5.75 Å². The molecule has 0 aliphatic heterocycles. The molecule has 0 aliphatic rings. The lowest BCUT2D eigenvalue weighted by molar-refractivity contribution is 0.411. The summed E-state index contributed by atoms with van der Waals surface area (Å²) >= 11 is 0. The number of benzene rings is 2. The summed E-state index contributed by atoms with van der Waals surface area (Å²) in [7, 11) is -0.597. The molecular weight excluding hydrogens is 312 g/mol. The topological polar surface area (TPSA) is 70.4 Å². The third-order valence-corrected chi connectivity index (χ3v) is 5.39. The van der Waals surface area contributed by atoms with E-state index in [1.807, 2.05) is 0 Å². The van der Waals surface area contributed by atoms with Gasteiger partial charge in [-0.3, -0.25) is 4.31 Å². The summed E-state index contributed by atoms with van der Waals surface area (Å²) in [4.78, 5) is 0.208. The first-order chi connectivity index (χ1) is 10.9. The van der Waals surface area contributed by atoms with Gasteiger partial charge in [0.2, 0.25) is 0 Å². The van der Waals surface area contributed by atoms with Gasteiger partial charge in [-0.05, 0) is 48.4 Å². The van der Waals surface area contributed by atoms with E-state index in [4.69, 9.17) is 10.00 Å². The zero-order valence-corrected chi connectivity index (χ0v) is 14.1. The molecule has 0 saturated carbocycles. The second kappa shape index (κ2) is 6.71. The van der Waals surface area contributed by atoms with Crippen molar-refractivity contribution in [2.75, 3.05) is 18.5 Å². The first kappa shape index (κ1) is 16.8. The molecule has 0 amide bonds. The molecular formula is C17H18N2O3S. The van der Waals surface area contributed by atoms with E-state index in [-0.39, 0.29) is 4.90 Å². The van der Waals surface area contributed by atoms with Gasteiger partial charge < -0.3 is 4.74 Å². The molecule has 5 nitrogen and oxygen atoms in total. The van der Waals surface area contributed by atoms with E-state index in [1.165, 1.54) is 17.4 Å². The standard InChI is InChI=1S/C17H18N2O3S/c1-13-12-16(8-9-17(13)22-3)23(20,21)19(2)15-6-4-14(5-7-15)10-11-18/h4-9,12H,10H2,1-3H3. The van der Waals surface area contributed by atoms with E-state index in [9.17, 15) is 8.42 Å². The molecule has 2 aromatic carbocycles. The fourth-order valence-electron chi connectivity index (χ4n) is 2.22. The predicted octanol–water partition coefficient (Wildman–Crippen LogP) is 2.89. The van der Waals surface area contributed by atoms with Crippen LogP contribution < -0.4 is 9.04 Å². The van der Waals surface area contributed by atoms with Gasteiger partial charge in [0.15, 0.2) is 0 Å². The summed E-state index contributed by atoms with van der Waals surface area (Å²) in [6.45, 7) is 1.80. The highest BCUT2D eigenvalue weighted by molar-refractivity contribution is 7.92. The van der Waals surface area contributed by atoms with Gasteiger partial charge in [0, 0.05) is 7.05 Å². The van der Waals surface area contributed by atoms with Crippen LogP contribution in [0.5, 0.6) is 5.75 Å². The van der Waals surface area contributed by atoms with Crippen LogP contribution in [0.15, 0.2) is 47.4 Å². The molecule has 2 rings (SSSR count). The maximum absolute atomic E-state index is 12.7. The number of rotatable bonds is 5. The van der Waals surface area contributed by atoms with Gasteiger partial charge in [-0.15, -0.1) is 0 Å². The van der Waals surface area contributed by atoms with Gasteiger partial charge in [-0.2, -0.15) is 5.26 Å². The van der Waals surface area contributed by atoms with Crippen molar-refractivity contribution >= 4 is 15.7 Å². The maximum atomic E-state index is 12.7. The van der Waals surface area contributed by atoms with Crippen molar-refractivity contribution in [2.24, 2.45) is 0 Å². The minimum atomic E-state index is -3.65. The summed E-state index contributed by atoms with van der Waals surface area (Å²) in [6, 6.07) is 13.7. The van der Waals surface area contributed by atoms with E-state index in [0.717, 1.165) is 11.1 Å². The summed E-state index contributed by atoms with van der Waals surface area (Å²) in [5.74, 6) is 0.646. The number of anilines is 1. The summed E-state index contributed by atoms with van der Waals surface area (Å²) < 4.78 is 31.8. The average Bonchev–Trinajstić information content (AvgIpc) is 2.55. The van der Waals surface area contributed by atoms with Crippen LogP contribution in [0.25, 0.3) is 0 Å². The van der Waals surface area contributed by atoms with E-state index >= 15 is 0 Å². The van der Waals surface area contributed by atoms with Crippen molar-refractivity contribution < 1.29 is 13.2 Å². The summed E-state index contributed by atoms with van der Waals surface area (Å²) in [5, 5.41) is 8.68. The van der Waals surface area contributed by atoms with E-state index in [0.29, 0.717) is 17.9 Å². The smallest absolute Gasteiger partial charge is 0.264 e. The van der Waals surface area contributed by atoms with Crippen molar-refractivity contribution in [3.8, 4) is 11.8 Å². The Morgan fingerprint density at radius 1 is 1.17 bits per heavy atom. The van der Waals surface area contributed by atoms with Crippen LogP contribution >= 0.6 is 0 Å². The van der Waals surface area contributed by atoms with Gasteiger partial charge >= 0.3 is 0 Å². The molecule has 0 atom stereocenters. The largest absolute Gasteiger partial charge is 0.496 e. The number of aryl methyl sites for hydroxylation is 1. The molecule has 0 aliphatic carbocycles. The first-order valence-electron chi connectivity index (χ1n) is 6.99. The Morgan fingerprint density at radius 2 is 1.83 bits per heavy atom. The fraction of sp³-hybridized carbons (Fsp3) is 0.235. The quantitative estimate of drug-likeness (QED) is 0.845. The Morgan fingerprint density at radius 3 is 2.35 bits per heavy atom. The SMILES string of the molecule is COc1ccc(S(=O)(=O)N(C)c2ccc(CC#N)cc2)cc1C. The third-order valence-electron chi connectivity index (χ3n) is 3.61. The highest BCUT2D eigenvalue weighted by atomic mass is 32.2. The van der Waals surface area contributed by atoms with Gasteiger partial charge in [0.05, 0.1) is 30.2 Å². The number of sulfonamides is 1. The van der Waals surface area contributed by atoms with E-state index in [1.54, 1.807) is 50.4 Å². The molecule has 0 fully saturated rings. The maximum Gasteiger partial charge on any atom is 0.264 e. The summed E-state index contributed by atoms with van der Waals surface area (Å²) in [6.07, 6.45) is 0.300. The molecule has 0 spiro atoms. The van der Waals surface area contributed by atoms with Gasteiger partial charge in [0.25, 0.3) is 10.0 Å². The molecule has 120 valence electrons. The van der Waals surface area contributed by atoms with Crippen LogP contribution in [0, 0.1) is 18.3 Å². The van der Waals surface area contributed by atoms with Crippen molar-refractivity contribution in [1.29, 1.82) is 5.26 Å². The minimum absolute atomic E-state index is 0.208. The molecule has 0 heterocycles. The van der Waals surface area contributed by atoms with Crippen molar-refractivity contribution in [3.63, 3.8) is 0 Å². The van der Waals surface area contributed by atoms with Gasteiger partial charge in [-0.1, -0.05) is 12.1 Å².